The second-order valence-corrected chi connectivity index (χ2v) is 5.11. The van der Waals surface area contributed by atoms with Gasteiger partial charge in [-0.15, -0.1) is 0 Å². The molecule has 0 fully saturated rings. The molecule has 0 aliphatic heterocycles. The predicted octanol–water partition coefficient (Wildman–Crippen LogP) is 3.22. The van der Waals surface area contributed by atoms with Crippen molar-refractivity contribution < 1.29 is 4.79 Å². The molecule has 3 N–H and O–H groups in total. The van der Waals surface area contributed by atoms with Gasteiger partial charge in [0.1, 0.15) is 6.04 Å². The van der Waals surface area contributed by atoms with Gasteiger partial charge >= 0.3 is 0 Å². The fourth-order valence-electron chi connectivity index (χ4n) is 1.95. The summed E-state index contributed by atoms with van der Waals surface area (Å²) in [4.78, 5) is 12.1. The number of hydrogen-bond donors (Lipinski definition) is 2. The molecular formula is C16H17ClN2O. The number of rotatable bonds is 4. The quantitative estimate of drug-likeness (QED) is 0.907. The predicted molar refractivity (Wildman–Crippen MR) is 81.4 cm³/mol. The molecule has 2 atom stereocenters. The van der Waals surface area contributed by atoms with Crippen molar-refractivity contribution in [3.63, 3.8) is 0 Å². The monoisotopic (exact) mass is 288 g/mol. The highest BCUT2D eigenvalue weighted by Crippen LogP contribution is 2.17. The Bertz CT molecular complexity index is 569. The van der Waals surface area contributed by atoms with Crippen molar-refractivity contribution in [2.45, 2.75) is 19.0 Å². The Kier molecular flexibility index (Phi) is 4.77. The zero-order valence-corrected chi connectivity index (χ0v) is 12.0. The van der Waals surface area contributed by atoms with Crippen LogP contribution in [0.4, 0.5) is 0 Å². The van der Waals surface area contributed by atoms with Crippen LogP contribution in [0.3, 0.4) is 0 Å². The van der Waals surface area contributed by atoms with Gasteiger partial charge in [-0.05, 0) is 30.2 Å². The second kappa shape index (κ2) is 6.55. The first-order valence-electron chi connectivity index (χ1n) is 6.44. The number of amides is 1. The van der Waals surface area contributed by atoms with Crippen molar-refractivity contribution in [2.24, 2.45) is 5.73 Å². The summed E-state index contributed by atoms with van der Waals surface area (Å²) < 4.78 is 0. The van der Waals surface area contributed by atoms with E-state index in [2.05, 4.69) is 5.32 Å². The van der Waals surface area contributed by atoms with E-state index in [1.807, 2.05) is 49.4 Å². The first kappa shape index (κ1) is 14.6. The number of carbonyl (C=O) groups excluding carboxylic acids is 1. The summed E-state index contributed by atoms with van der Waals surface area (Å²) in [6.45, 7) is 1.92. The van der Waals surface area contributed by atoms with Crippen LogP contribution in [-0.4, -0.2) is 5.91 Å². The van der Waals surface area contributed by atoms with Crippen LogP contribution in [0.25, 0.3) is 0 Å². The second-order valence-electron chi connectivity index (χ2n) is 4.67. The molecule has 20 heavy (non-hydrogen) atoms. The van der Waals surface area contributed by atoms with Crippen LogP contribution < -0.4 is 11.1 Å². The van der Waals surface area contributed by atoms with Crippen LogP contribution in [0.5, 0.6) is 0 Å². The van der Waals surface area contributed by atoms with E-state index in [9.17, 15) is 4.79 Å². The SMILES string of the molecule is C[C@H](NC(=O)[C@H](N)c1ccccc1)c1ccc(Cl)cc1. The van der Waals surface area contributed by atoms with E-state index in [1.165, 1.54) is 0 Å². The minimum atomic E-state index is -0.661. The number of nitrogens with one attached hydrogen (secondary N) is 1. The molecule has 0 saturated heterocycles. The standard InChI is InChI=1S/C16H17ClN2O/c1-11(12-7-9-14(17)10-8-12)19-16(20)15(18)13-5-3-2-4-6-13/h2-11,15H,18H2,1H3,(H,19,20)/t11-,15+/m0/s1. The van der Waals surface area contributed by atoms with Gasteiger partial charge in [0.2, 0.25) is 5.91 Å². The van der Waals surface area contributed by atoms with Crippen molar-refractivity contribution in [2.75, 3.05) is 0 Å². The molecule has 0 unspecified atom stereocenters. The fraction of sp³-hybridized carbons (Fsp3) is 0.188. The van der Waals surface area contributed by atoms with E-state index in [4.69, 9.17) is 17.3 Å². The van der Waals surface area contributed by atoms with Crippen molar-refractivity contribution in [3.05, 3.63) is 70.7 Å². The largest absolute Gasteiger partial charge is 0.348 e. The van der Waals surface area contributed by atoms with Gasteiger partial charge in [-0.25, -0.2) is 0 Å². The number of nitrogens with two attached hydrogens (primary N) is 1. The van der Waals surface area contributed by atoms with Crippen molar-refractivity contribution in [1.29, 1.82) is 0 Å². The molecule has 2 rings (SSSR count). The van der Waals surface area contributed by atoms with Gasteiger partial charge in [0.05, 0.1) is 6.04 Å². The van der Waals surface area contributed by atoms with Gasteiger partial charge in [0.25, 0.3) is 0 Å². The van der Waals surface area contributed by atoms with Gasteiger partial charge in [-0.1, -0.05) is 54.1 Å². The molecular weight excluding hydrogens is 272 g/mol. The molecule has 0 heterocycles. The van der Waals surface area contributed by atoms with Gasteiger partial charge in [0.15, 0.2) is 0 Å². The number of carbonyl (C=O) groups is 1. The normalized spacial score (nSPS) is 13.6. The number of benzene rings is 2. The molecule has 3 nitrogen and oxygen atoms in total. The Labute approximate surface area is 123 Å². The summed E-state index contributed by atoms with van der Waals surface area (Å²) in [5.41, 5.74) is 7.74. The van der Waals surface area contributed by atoms with Crippen molar-refractivity contribution in [1.82, 2.24) is 5.32 Å². The average Bonchev–Trinajstić information content (AvgIpc) is 2.48. The summed E-state index contributed by atoms with van der Waals surface area (Å²) in [5.74, 6) is -0.196. The van der Waals surface area contributed by atoms with Crippen LogP contribution in [0.1, 0.15) is 30.1 Å². The first-order valence-corrected chi connectivity index (χ1v) is 6.82. The Morgan fingerprint density at radius 2 is 1.65 bits per heavy atom. The lowest BCUT2D eigenvalue weighted by atomic mass is 10.1. The molecule has 2 aromatic carbocycles. The maximum atomic E-state index is 12.1. The number of halogens is 1. The minimum Gasteiger partial charge on any atom is -0.348 e. The molecule has 0 aliphatic rings. The van der Waals surface area contributed by atoms with Gasteiger partial charge in [0, 0.05) is 5.02 Å². The Morgan fingerprint density at radius 1 is 1.05 bits per heavy atom. The first-order chi connectivity index (χ1) is 9.58. The third kappa shape index (κ3) is 3.59. The molecule has 0 aliphatic carbocycles. The van der Waals surface area contributed by atoms with Gasteiger partial charge in [-0.2, -0.15) is 0 Å². The molecule has 4 heteroatoms. The maximum absolute atomic E-state index is 12.1. The Morgan fingerprint density at radius 3 is 2.25 bits per heavy atom. The third-order valence-electron chi connectivity index (χ3n) is 3.17. The van der Waals surface area contributed by atoms with E-state index < -0.39 is 6.04 Å². The lowest BCUT2D eigenvalue weighted by Crippen LogP contribution is -2.35. The van der Waals surface area contributed by atoms with E-state index in [0.29, 0.717) is 5.02 Å². The summed E-state index contributed by atoms with van der Waals surface area (Å²) in [5, 5.41) is 3.58. The zero-order chi connectivity index (χ0) is 14.5. The third-order valence-corrected chi connectivity index (χ3v) is 3.42. The van der Waals surface area contributed by atoms with Crippen LogP contribution >= 0.6 is 11.6 Å². The molecule has 0 radical (unpaired) electrons. The van der Waals surface area contributed by atoms with Crippen LogP contribution in [0, 0.1) is 0 Å². The highest BCUT2D eigenvalue weighted by Gasteiger charge is 2.17. The average molecular weight is 289 g/mol. The van der Waals surface area contributed by atoms with Crippen LogP contribution in [-0.2, 0) is 4.79 Å². The lowest BCUT2D eigenvalue weighted by molar-refractivity contribution is -0.123. The summed E-state index contributed by atoms with van der Waals surface area (Å²) >= 11 is 5.85. The maximum Gasteiger partial charge on any atom is 0.241 e. The molecule has 0 bridgehead atoms. The molecule has 2 aromatic rings. The fourth-order valence-corrected chi connectivity index (χ4v) is 2.08. The summed E-state index contributed by atoms with van der Waals surface area (Å²) in [6.07, 6.45) is 0. The zero-order valence-electron chi connectivity index (χ0n) is 11.2. The Balaban J connectivity index is 2.02. The highest BCUT2D eigenvalue weighted by molar-refractivity contribution is 6.30. The topological polar surface area (TPSA) is 55.1 Å². The van der Waals surface area contributed by atoms with Crippen molar-refractivity contribution in [3.8, 4) is 0 Å². The highest BCUT2D eigenvalue weighted by atomic mass is 35.5. The Hall–Kier alpha value is -1.84. The summed E-state index contributed by atoms with van der Waals surface area (Å²) in [6, 6.07) is 15.9. The smallest absolute Gasteiger partial charge is 0.241 e. The van der Waals surface area contributed by atoms with Gasteiger partial charge in [-0.3, -0.25) is 4.79 Å². The van der Waals surface area contributed by atoms with Crippen LogP contribution in [0.15, 0.2) is 54.6 Å². The molecule has 1 amide bonds. The molecule has 0 spiro atoms. The van der Waals surface area contributed by atoms with Crippen LogP contribution in [0.2, 0.25) is 5.02 Å². The van der Waals surface area contributed by atoms with E-state index in [0.717, 1.165) is 11.1 Å². The minimum absolute atomic E-state index is 0.116. The number of hydrogen-bond acceptors (Lipinski definition) is 2. The molecule has 104 valence electrons. The van der Waals surface area contributed by atoms with E-state index in [1.54, 1.807) is 12.1 Å². The van der Waals surface area contributed by atoms with Gasteiger partial charge < -0.3 is 11.1 Å². The van der Waals surface area contributed by atoms with E-state index >= 15 is 0 Å². The lowest BCUT2D eigenvalue weighted by Gasteiger charge is -2.18. The van der Waals surface area contributed by atoms with Crippen molar-refractivity contribution >= 4 is 17.5 Å². The molecule has 0 saturated carbocycles. The summed E-state index contributed by atoms with van der Waals surface area (Å²) in [7, 11) is 0. The van der Waals surface area contributed by atoms with E-state index in [-0.39, 0.29) is 11.9 Å². The molecule has 0 aromatic heterocycles.